The Morgan fingerprint density at radius 3 is 1.83 bits per heavy atom. The first-order chi connectivity index (χ1) is 25.7. The van der Waals surface area contributed by atoms with Crippen molar-refractivity contribution < 1.29 is 9.53 Å². The quantitative estimate of drug-likeness (QED) is 0.149. The van der Waals surface area contributed by atoms with Crippen LogP contribution in [0, 0.1) is 0 Å². The minimum Gasteiger partial charge on any atom is -0.379 e. The Kier molecular flexibility index (Phi) is 9.57. The van der Waals surface area contributed by atoms with E-state index in [1.54, 1.807) is 0 Å². The van der Waals surface area contributed by atoms with E-state index in [-0.39, 0.29) is 6.03 Å². The van der Waals surface area contributed by atoms with Gasteiger partial charge in [0, 0.05) is 42.5 Å². The molecule has 0 atom stereocenters. The number of benzene rings is 6. The summed E-state index contributed by atoms with van der Waals surface area (Å²) < 4.78 is 5.49. The number of fused-ring (bicyclic) bond motifs is 1. The number of carbonyl (C=O) groups excluding carboxylic acids is 1. The van der Waals surface area contributed by atoms with Gasteiger partial charge in [-0.05, 0) is 57.5 Å². The minimum atomic E-state index is -0.612. The van der Waals surface area contributed by atoms with Gasteiger partial charge in [-0.2, -0.15) is 0 Å². The topological polar surface area (TPSA) is 66.5 Å². The number of morpholine rings is 1. The van der Waals surface area contributed by atoms with E-state index < -0.39 is 5.41 Å². The number of aromatic nitrogens is 1. The highest BCUT2D eigenvalue weighted by Crippen LogP contribution is 2.45. The number of ether oxygens (including phenoxy) is 1. The normalized spacial score (nSPS) is 13.5. The van der Waals surface area contributed by atoms with Gasteiger partial charge < -0.3 is 15.4 Å². The molecule has 52 heavy (non-hydrogen) atoms. The Morgan fingerprint density at radius 2 is 1.21 bits per heavy atom. The first-order valence-corrected chi connectivity index (χ1v) is 17.8. The minimum absolute atomic E-state index is 0.311. The van der Waals surface area contributed by atoms with Gasteiger partial charge in [0.15, 0.2) is 0 Å². The molecule has 1 aliphatic heterocycles. The Labute approximate surface area is 304 Å². The largest absolute Gasteiger partial charge is 0.379 e. The van der Waals surface area contributed by atoms with Crippen molar-refractivity contribution in [1.82, 2.24) is 9.88 Å². The van der Waals surface area contributed by atoms with Gasteiger partial charge in [0.1, 0.15) is 0 Å². The number of anilines is 2. The van der Waals surface area contributed by atoms with Gasteiger partial charge in [0.05, 0.1) is 30.0 Å². The molecule has 0 radical (unpaired) electrons. The van der Waals surface area contributed by atoms with Crippen LogP contribution < -0.4 is 10.6 Å². The fourth-order valence-corrected chi connectivity index (χ4v) is 7.50. The lowest BCUT2D eigenvalue weighted by atomic mass is 9.65. The van der Waals surface area contributed by atoms with Gasteiger partial charge in [-0.15, -0.1) is 0 Å². The third-order valence-electron chi connectivity index (χ3n) is 9.97. The molecule has 1 fully saturated rings. The average Bonchev–Trinajstić information content (AvgIpc) is 3.21. The SMILES string of the molecule is O=C(Nc1cccc(C(c2ccccc2)(c2ccccc2)c2ccccc2)c1)Nc1ccc(-c2ccc(CN3CCOCC3)nc2)c2ccccc12. The van der Waals surface area contributed by atoms with E-state index in [1.807, 2.05) is 60.8 Å². The first kappa shape index (κ1) is 33.1. The molecule has 8 rings (SSSR count). The number of amides is 2. The second-order valence-electron chi connectivity index (χ2n) is 13.1. The van der Waals surface area contributed by atoms with Crippen LogP contribution in [-0.4, -0.2) is 42.2 Å². The molecular weight excluding hydrogens is 641 g/mol. The molecule has 1 aliphatic rings. The molecule has 0 spiro atoms. The molecule has 0 saturated carbocycles. The molecule has 6 aromatic carbocycles. The van der Waals surface area contributed by atoms with Crippen LogP contribution in [0.3, 0.4) is 0 Å². The van der Waals surface area contributed by atoms with Crippen molar-refractivity contribution >= 4 is 28.2 Å². The zero-order valence-electron chi connectivity index (χ0n) is 28.9. The Balaban J connectivity index is 1.08. The van der Waals surface area contributed by atoms with Gasteiger partial charge >= 0.3 is 6.03 Å². The molecule has 0 aliphatic carbocycles. The highest BCUT2D eigenvalue weighted by molar-refractivity contribution is 6.09. The highest BCUT2D eigenvalue weighted by Gasteiger charge is 2.38. The molecule has 2 N–H and O–H groups in total. The number of rotatable bonds is 9. The van der Waals surface area contributed by atoms with Crippen molar-refractivity contribution in [2.75, 3.05) is 36.9 Å². The molecule has 1 aromatic heterocycles. The Morgan fingerprint density at radius 1 is 0.615 bits per heavy atom. The summed E-state index contributed by atoms with van der Waals surface area (Å²) in [5, 5.41) is 8.28. The second kappa shape index (κ2) is 15.0. The molecule has 7 aromatic rings. The van der Waals surface area contributed by atoms with Crippen molar-refractivity contribution in [3.63, 3.8) is 0 Å². The summed E-state index contributed by atoms with van der Waals surface area (Å²) in [6, 6.07) is 56.0. The molecule has 1 saturated heterocycles. The van der Waals surface area contributed by atoms with Crippen molar-refractivity contribution in [3.05, 3.63) is 198 Å². The maximum absolute atomic E-state index is 13.7. The number of carbonyl (C=O) groups is 1. The fraction of sp³-hybridized carbons (Fsp3) is 0.130. The van der Waals surface area contributed by atoms with Crippen LogP contribution in [-0.2, 0) is 16.7 Å². The predicted octanol–water partition coefficient (Wildman–Crippen LogP) is 9.76. The summed E-state index contributed by atoms with van der Waals surface area (Å²) >= 11 is 0. The molecule has 0 bridgehead atoms. The van der Waals surface area contributed by atoms with Gasteiger partial charge in [-0.25, -0.2) is 4.79 Å². The van der Waals surface area contributed by atoms with Crippen LogP contribution >= 0.6 is 0 Å². The summed E-state index contributed by atoms with van der Waals surface area (Å²) in [4.78, 5) is 20.9. The number of hydrogen-bond acceptors (Lipinski definition) is 4. The number of urea groups is 1. The maximum atomic E-state index is 13.7. The van der Waals surface area contributed by atoms with E-state index in [4.69, 9.17) is 9.72 Å². The van der Waals surface area contributed by atoms with Crippen LogP contribution in [0.1, 0.15) is 27.9 Å². The molecule has 6 nitrogen and oxygen atoms in total. The number of hydrogen-bond donors (Lipinski definition) is 2. The molecule has 2 heterocycles. The van der Waals surface area contributed by atoms with E-state index in [0.717, 1.165) is 88.4 Å². The van der Waals surface area contributed by atoms with Crippen LogP contribution in [0.25, 0.3) is 21.9 Å². The molecule has 256 valence electrons. The van der Waals surface area contributed by atoms with Crippen LogP contribution in [0.15, 0.2) is 170 Å². The Bertz CT molecular complexity index is 2170. The summed E-state index contributed by atoms with van der Waals surface area (Å²) in [5.74, 6) is 0. The van der Waals surface area contributed by atoms with Crippen molar-refractivity contribution in [2.24, 2.45) is 0 Å². The van der Waals surface area contributed by atoms with Gasteiger partial charge in [-0.1, -0.05) is 140 Å². The van der Waals surface area contributed by atoms with Crippen molar-refractivity contribution in [2.45, 2.75) is 12.0 Å². The molecule has 6 heteroatoms. The lowest BCUT2D eigenvalue weighted by Gasteiger charge is -2.37. The first-order valence-electron chi connectivity index (χ1n) is 17.8. The number of nitrogens with one attached hydrogen (secondary N) is 2. The number of nitrogens with zero attached hydrogens (tertiary/aromatic N) is 2. The smallest absolute Gasteiger partial charge is 0.323 e. The zero-order valence-corrected chi connectivity index (χ0v) is 28.9. The van der Waals surface area contributed by atoms with Crippen LogP contribution in [0.4, 0.5) is 16.2 Å². The molecular formula is C46H40N4O2. The van der Waals surface area contributed by atoms with E-state index in [9.17, 15) is 4.79 Å². The van der Waals surface area contributed by atoms with Crippen molar-refractivity contribution in [1.29, 1.82) is 0 Å². The van der Waals surface area contributed by atoms with Crippen LogP contribution in [0.2, 0.25) is 0 Å². The average molecular weight is 681 g/mol. The lowest BCUT2D eigenvalue weighted by Crippen LogP contribution is -2.35. The monoisotopic (exact) mass is 680 g/mol. The fourth-order valence-electron chi connectivity index (χ4n) is 7.50. The summed E-state index contributed by atoms with van der Waals surface area (Å²) in [7, 11) is 0. The Hall–Kier alpha value is -6.08. The summed E-state index contributed by atoms with van der Waals surface area (Å²) in [5.41, 5.74) is 8.44. The van der Waals surface area contributed by atoms with E-state index >= 15 is 0 Å². The lowest BCUT2D eigenvalue weighted by molar-refractivity contribution is 0.0336. The van der Waals surface area contributed by atoms with Gasteiger partial charge in [-0.3, -0.25) is 9.88 Å². The van der Waals surface area contributed by atoms with E-state index in [1.165, 1.54) is 0 Å². The highest BCUT2D eigenvalue weighted by atomic mass is 16.5. The third kappa shape index (κ3) is 6.70. The van der Waals surface area contributed by atoms with E-state index in [2.05, 4.69) is 125 Å². The summed E-state index contributed by atoms with van der Waals surface area (Å²) in [6.45, 7) is 4.21. The van der Waals surface area contributed by atoms with Gasteiger partial charge in [0.2, 0.25) is 0 Å². The maximum Gasteiger partial charge on any atom is 0.323 e. The zero-order chi connectivity index (χ0) is 35.2. The number of pyridine rings is 1. The van der Waals surface area contributed by atoms with Crippen LogP contribution in [0.5, 0.6) is 0 Å². The van der Waals surface area contributed by atoms with Crippen molar-refractivity contribution in [3.8, 4) is 11.1 Å². The standard InChI is InChI=1S/C46H40N4O2/c51-45(49-44-26-25-41(42-21-10-11-22-43(42)44)34-23-24-40(47-32-34)33-50-27-29-52-30-28-50)48-39-20-12-19-38(31-39)46(35-13-4-1-5-14-35,36-15-6-2-7-16-36)37-17-8-3-9-18-37/h1-26,31-32H,27-30,33H2,(H2,48,49,51). The predicted molar refractivity (Wildman–Crippen MR) is 211 cm³/mol. The molecule has 2 amide bonds. The second-order valence-corrected chi connectivity index (χ2v) is 13.1. The molecule has 0 unspecified atom stereocenters. The van der Waals surface area contributed by atoms with E-state index in [0.29, 0.717) is 5.69 Å². The third-order valence-corrected chi connectivity index (χ3v) is 9.97. The van der Waals surface area contributed by atoms with Gasteiger partial charge in [0.25, 0.3) is 0 Å². The summed E-state index contributed by atoms with van der Waals surface area (Å²) in [6.07, 6.45) is 1.95.